The van der Waals surface area contributed by atoms with E-state index in [1.54, 1.807) is 18.2 Å². The van der Waals surface area contributed by atoms with Crippen molar-refractivity contribution in [1.82, 2.24) is 0 Å². The molecule has 0 aromatic heterocycles. The van der Waals surface area contributed by atoms with Crippen molar-refractivity contribution in [2.24, 2.45) is 11.8 Å². The van der Waals surface area contributed by atoms with Crippen LogP contribution in [0.4, 0.5) is 0 Å². The lowest BCUT2D eigenvalue weighted by Crippen LogP contribution is -2.24. The zero-order valence-electron chi connectivity index (χ0n) is 21.2. The summed E-state index contributed by atoms with van der Waals surface area (Å²) in [6, 6.07) is 24.5. The van der Waals surface area contributed by atoms with Crippen molar-refractivity contribution in [3.8, 4) is 11.5 Å². The zero-order valence-corrected chi connectivity index (χ0v) is 21.2. The molecule has 0 heterocycles. The van der Waals surface area contributed by atoms with E-state index in [1.165, 1.54) is 0 Å². The van der Waals surface area contributed by atoms with Gasteiger partial charge in [-0.05, 0) is 98.4 Å². The van der Waals surface area contributed by atoms with Crippen LogP contribution in [0.25, 0.3) is 0 Å². The Morgan fingerprint density at radius 2 is 1.62 bits per heavy atom. The van der Waals surface area contributed by atoms with Crippen LogP contribution in [-0.4, -0.2) is 36.4 Å². The second-order valence-corrected chi connectivity index (χ2v) is 9.47. The monoisotopic (exact) mass is 502 g/mol. The molecule has 6 heteroatoms. The Balaban J connectivity index is 1.40. The first kappa shape index (κ1) is 26.4. The van der Waals surface area contributed by atoms with Crippen LogP contribution in [0.2, 0.25) is 0 Å². The smallest absolute Gasteiger partial charge is 0.343 e. The third-order valence-electron chi connectivity index (χ3n) is 6.93. The van der Waals surface area contributed by atoms with Gasteiger partial charge >= 0.3 is 11.9 Å². The quantitative estimate of drug-likeness (QED) is 0.243. The zero-order chi connectivity index (χ0) is 26.0. The van der Waals surface area contributed by atoms with E-state index in [9.17, 15) is 9.59 Å². The molecule has 3 aromatic carbocycles. The van der Waals surface area contributed by atoms with Crippen LogP contribution in [0.15, 0.2) is 78.9 Å². The Morgan fingerprint density at radius 1 is 0.892 bits per heavy atom. The van der Waals surface area contributed by atoms with E-state index < -0.39 is 5.97 Å². The second-order valence-electron chi connectivity index (χ2n) is 9.47. The summed E-state index contributed by atoms with van der Waals surface area (Å²) in [4.78, 5) is 23.3. The fourth-order valence-electron chi connectivity index (χ4n) is 5.25. The van der Waals surface area contributed by atoms with Crippen molar-refractivity contribution in [3.63, 3.8) is 0 Å². The van der Waals surface area contributed by atoms with Crippen molar-refractivity contribution in [1.29, 1.82) is 0 Å². The number of ether oxygens (including phenoxy) is 3. The van der Waals surface area contributed by atoms with Crippen LogP contribution in [-0.2, 0) is 22.4 Å². The van der Waals surface area contributed by atoms with Crippen molar-refractivity contribution in [2.75, 3.05) is 13.2 Å². The molecule has 1 unspecified atom stereocenters. The number of carbonyl (C=O) groups excluding carboxylic acids is 1. The van der Waals surface area contributed by atoms with Gasteiger partial charge in [-0.25, -0.2) is 9.59 Å². The van der Waals surface area contributed by atoms with E-state index in [-0.39, 0.29) is 18.7 Å². The van der Waals surface area contributed by atoms with Crippen LogP contribution in [0.3, 0.4) is 0 Å². The standard InChI is InChI=1S/C31H34O6/c1-2-35-29-17-15-25(18-23-9-7-12-26(20-23)36-21-30(32)33)28(29)16-14-22-8-6-13-27(19-22)37-31(34)24-10-4-3-5-11-24/h3-13,19-20,25,28-29H,2,14-18,21H2,1H3,(H,32,33)/t25-,28-,29?/m1/s1. The van der Waals surface area contributed by atoms with E-state index in [0.29, 0.717) is 35.5 Å². The minimum Gasteiger partial charge on any atom is -0.482 e. The molecule has 0 spiro atoms. The second kappa shape index (κ2) is 13.1. The number of aryl methyl sites for hydroxylation is 1. The molecule has 3 aromatic rings. The average molecular weight is 503 g/mol. The number of carboxylic acids is 1. The molecule has 0 saturated heterocycles. The Kier molecular flexibility index (Phi) is 9.33. The minimum atomic E-state index is -0.986. The highest BCUT2D eigenvalue weighted by Crippen LogP contribution is 2.39. The van der Waals surface area contributed by atoms with E-state index in [0.717, 1.165) is 43.2 Å². The molecule has 4 rings (SSSR count). The van der Waals surface area contributed by atoms with Gasteiger partial charge in [-0.1, -0.05) is 42.5 Å². The molecule has 1 fully saturated rings. The molecule has 0 aliphatic heterocycles. The van der Waals surface area contributed by atoms with Crippen LogP contribution < -0.4 is 9.47 Å². The van der Waals surface area contributed by atoms with Gasteiger partial charge in [-0.3, -0.25) is 0 Å². The topological polar surface area (TPSA) is 82.1 Å². The molecule has 0 bridgehead atoms. The summed E-state index contributed by atoms with van der Waals surface area (Å²) in [6.07, 6.45) is 5.08. The minimum absolute atomic E-state index is 0.223. The molecule has 3 atom stereocenters. The molecule has 1 saturated carbocycles. The summed E-state index contributed by atoms with van der Waals surface area (Å²) in [7, 11) is 0. The third kappa shape index (κ3) is 7.67. The lowest BCUT2D eigenvalue weighted by Gasteiger charge is -2.25. The Bertz CT molecular complexity index is 1180. The van der Waals surface area contributed by atoms with E-state index >= 15 is 0 Å². The summed E-state index contributed by atoms with van der Waals surface area (Å²) >= 11 is 0. The molecule has 6 nitrogen and oxygen atoms in total. The number of rotatable bonds is 12. The molecular formula is C31H34O6. The van der Waals surface area contributed by atoms with Gasteiger partial charge in [0.1, 0.15) is 11.5 Å². The van der Waals surface area contributed by atoms with Gasteiger partial charge in [0.05, 0.1) is 11.7 Å². The van der Waals surface area contributed by atoms with Crippen molar-refractivity contribution in [2.45, 2.75) is 45.1 Å². The van der Waals surface area contributed by atoms with Crippen LogP contribution in [0, 0.1) is 11.8 Å². The maximum atomic E-state index is 12.4. The molecular weight excluding hydrogens is 468 g/mol. The van der Waals surface area contributed by atoms with Crippen molar-refractivity contribution >= 4 is 11.9 Å². The van der Waals surface area contributed by atoms with E-state index in [2.05, 4.69) is 12.1 Å². The Morgan fingerprint density at radius 3 is 2.38 bits per heavy atom. The van der Waals surface area contributed by atoms with E-state index in [4.69, 9.17) is 19.3 Å². The number of hydrogen-bond donors (Lipinski definition) is 1. The van der Waals surface area contributed by atoms with Crippen LogP contribution in [0.1, 0.15) is 47.7 Å². The summed E-state index contributed by atoms with van der Waals surface area (Å²) in [6.45, 7) is 2.39. The molecule has 0 amide bonds. The highest BCUT2D eigenvalue weighted by molar-refractivity contribution is 5.90. The lowest BCUT2D eigenvalue weighted by molar-refractivity contribution is -0.139. The van der Waals surface area contributed by atoms with Gasteiger partial charge in [0.2, 0.25) is 0 Å². The number of carboxylic acid groups (broad SMARTS) is 1. The first-order chi connectivity index (χ1) is 18.0. The fourth-order valence-corrected chi connectivity index (χ4v) is 5.25. The van der Waals surface area contributed by atoms with Gasteiger partial charge in [-0.15, -0.1) is 0 Å². The normalized spacial score (nSPS) is 18.9. The predicted octanol–water partition coefficient (Wildman–Crippen LogP) is 5.98. The molecule has 194 valence electrons. The highest BCUT2D eigenvalue weighted by Gasteiger charge is 2.36. The summed E-state index contributed by atoms with van der Waals surface area (Å²) in [5, 5.41) is 8.89. The van der Waals surface area contributed by atoms with Gasteiger partial charge in [0.15, 0.2) is 6.61 Å². The number of esters is 1. The van der Waals surface area contributed by atoms with Gasteiger partial charge in [-0.2, -0.15) is 0 Å². The molecule has 1 aliphatic rings. The molecule has 1 N–H and O–H groups in total. The predicted molar refractivity (Wildman–Crippen MR) is 141 cm³/mol. The molecule has 1 aliphatic carbocycles. The van der Waals surface area contributed by atoms with Crippen LogP contribution >= 0.6 is 0 Å². The number of hydrogen-bond acceptors (Lipinski definition) is 5. The Labute approximate surface area is 218 Å². The SMILES string of the molecule is CCOC1CC[C@H](Cc2cccc(OCC(=O)O)c2)[C@H]1CCc1cccc(OC(=O)c2ccccc2)c1. The third-order valence-corrected chi connectivity index (χ3v) is 6.93. The maximum absolute atomic E-state index is 12.4. The van der Waals surface area contributed by atoms with Gasteiger partial charge in [0, 0.05) is 6.61 Å². The lowest BCUT2D eigenvalue weighted by atomic mass is 9.84. The summed E-state index contributed by atoms with van der Waals surface area (Å²) in [5.41, 5.74) is 2.80. The van der Waals surface area contributed by atoms with Crippen molar-refractivity contribution in [3.05, 3.63) is 95.6 Å². The number of benzene rings is 3. The molecule has 37 heavy (non-hydrogen) atoms. The number of carbonyl (C=O) groups is 2. The Hall–Kier alpha value is -3.64. The summed E-state index contributed by atoms with van der Waals surface area (Å²) in [5.74, 6) is 0.648. The van der Waals surface area contributed by atoms with Gasteiger partial charge in [0.25, 0.3) is 0 Å². The number of aliphatic carboxylic acids is 1. The van der Waals surface area contributed by atoms with Crippen molar-refractivity contribution < 1.29 is 28.9 Å². The largest absolute Gasteiger partial charge is 0.482 e. The maximum Gasteiger partial charge on any atom is 0.343 e. The summed E-state index contributed by atoms with van der Waals surface area (Å²) < 4.78 is 17.1. The average Bonchev–Trinajstić information content (AvgIpc) is 3.28. The first-order valence-electron chi connectivity index (χ1n) is 12.9. The first-order valence-corrected chi connectivity index (χ1v) is 12.9. The van der Waals surface area contributed by atoms with Crippen LogP contribution in [0.5, 0.6) is 11.5 Å². The fraction of sp³-hybridized carbons (Fsp3) is 0.355. The highest BCUT2D eigenvalue weighted by atomic mass is 16.5. The van der Waals surface area contributed by atoms with Gasteiger partial charge < -0.3 is 19.3 Å². The van der Waals surface area contributed by atoms with E-state index in [1.807, 2.05) is 55.5 Å². The molecule has 0 radical (unpaired) electrons.